The number of carbonyl (C=O) groups excluding carboxylic acids is 1. The molecule has 0 fully saturated rings. The summed E-state index contributed by atoms with van der Waals surface area (Å²) in [5, 5.41) is 11.8. The summed E-state index contributed by atoms with van der Waals surface area (Å²) in [5.41, 5.74) is -3.90. The predicted octanol–water partition coefficient (Wildman–Crippen LogP) is 2.65. The fourth-order valence-electron chi connectivity index (χ4n) is 3.08. The summed E-state index contributed by atoms with van der Waals surface area (Å²) in [5.74, 6) is -5.67. The first-order chi connectivity index (χ1) is 12.1. The summed E-state index contributed by atoms with van der Waals surface area (Å²) in [6.45, 7) is -1.71. The van der Waals surface area contributed by atoms with Gasteiger partial charge in [-0.2, -0.15) is 13.2 Å². The summed E-state index contributed by atoms with van der Waals surface area (Å²) < 4.78 is 71.9. The molecule has 2 aliphatic rings. The van der Waals surface area contributed by atoms with E-state index in [1.165, 1.54) is 0 Å². The number of hydrogen-bond acceptors (Lipinski definition) is 4. The van der Waals surface area contributed by atoms with Gasteiger partial charge >= 0.3 is 18.1 Å². The molecular weight excluding hydrogens is 365 g/mol. The second-order valence-electron chi connectivity index (χ2n) is 5.59. The lowest BCUT2D eigenvalue weighted by Crippen LogP contribution is -2.32. The molecule has 10 heteroatoms. The van der Waals surface area contributed by atoms with Crippen molar-refractivity contribution in [2.75, 3.05) is 13.3 Å². The molecule has 5 nitrogen and oxygen atoms in total. The van der Waals surface area contributed by atoms with Crippen LogP contribution in [0.2, 0.25) is 0 Å². The molecule has 26 heavy (non-hydrogen) atoms. The first kappa shape index (κ1) is 17.9. The van der Waals surface area contributed by atoms with Crippen molar-refractivity contribution in [1.82, 2.24) is 5.32 Å². The lowest BCUT2D eigenvalue weighted by molar-refractivity contribution is -0.140. The van der Waals surface area contributed by atoms with Crippen molar-refractivity contribution in [2.24, 2.45) is 0 Å². The lowest BCUT2D eigenvalue weighted by atomic mass is 9.79. The van der Waals surface area contributed by atoms with Gasteiger partial charge in [-0.25, -0.2) is 18.4 Å². The van der Waals surface area contributed by atoms with Crippen molar-refractivity contribution in [1.29, 1.82) is 0 Å². The van der Waals surface area contributed by atoms with E-state index in [1.807, 2.05) is 0 Å². The van der Waals surface area contributed by atoms with E-state index in [-0.39, 0.29) is 12.3 Å². The van der Waals surface area contributed by atoms with Crippen molar-refractivity contribution in [2.45, 2.75) is 12.1 Å². The molecular formula is C16H10F5NO4. The van der Waals surface area contributed by atoms with Crippen LogP contribution in [0.3, 0.4) is 0 Å². The van der Waals surface area contributed by atoms with Gasteiger partial charge in [-0.1, -0.05) is 0 Å². The first-order valence-electron chi connectivity index (χ1n) is 7.21. The van der Waals surface area contributed by atoms with Crippen LogP contribution in [0.15, 0.2) is 40.7 Å². The molecule has 0 spiro atoms. The van der Waals surface area contributed by atoms with Crippen LogP contribution in [-0.4, -0.2) is 30.3 Å². The molecule has 1 unspecified atom stereocenters. The Morgan fingerprint density at radius 2 is 2.04 bits per heavy atom. The molecule has 3 rings (SSSR count). The molecule has 1 atom stereocenters. The number of ether oxygens (including phenoxy) is 1. The molecule has 2 aliphatic heterocycles. The second-order valence-corrected chi connectivity index (χ2v) is 5.59. The van der Waals surface area contributed by atoms with Crippen LogP contribution in [-0.2, 0) is 20.5 Å². The van der Waals surface area contributed by atoms with Crippen LogP contribution < -0.4 is 5.32 Å². The lowest BCUT2D eigenvalue weighted by Gasteiger charge is -2.28. The smallest absolute Gasteiger partial charge is 0.416 e. The number of carboxylic acids is 1. The number of carbonyl (C=O) groups is 2. The highest BCUT2D eigenvalue weighted by molar-refractivity contribution is 6.00. The van der Waals surface area contributed by atoms with Gasteiger partial charge in [-0.15, -0.1) is 0 Å². The van der Waals surface area contributed by atoms with Crippen molar-refractivity contribution in [3.63, 3.8) is 0 Å². The second kappa shape index (κ2) is 6.11. The van der Waals surface area contributed by atoms with Crippen molar-refractivity contribution >= 4 is 11.9 Å². The summed E-state index contributed by atoms with van der Waals surface area (Å²) >= 11 is 0. The minimum Gasteiger partial charge on any atom is -0.478 e. The van der Waals surface area contributed by atoms with Gasteiger partial charge in [-0.3, -0.25) is 0 Å². The molecule has 0 bridgehead atoms. The highest BCUT2D eigenvalue weighted by atomic mass is 19.4. The quantitative estimate of drug-likeness (QED) is 0.628. The summed E-state index contributed by atoms with van der Waals surface area (Å²) in [6, 6.07) is 1.51. The van der Waals surface area contributed by atoms with Crippen molar-refractivity contribution < 1.29 is 41.4 Å². The third-order valence-electron chi connectivity index (χ3n) is 4.09. The van der Waals surface area contributed by atoms with Gasteiger partial charge in [-0.05, 0) is 23.8 Å². The van der Waals surface area contributed by atoms with E-state index in [1.54, 1.807) is 0 Å². The summed E-state index contributed by atoms with van der Waals surface area (Å²) in [7, 11) is 0. The number of benzene rings is 1. The fourth-order valence-corrected chi connectivity index (χ4v) is 3.08. The number of carboxylic acid groups (broad SMARTS) is 1. The molecule has 0 aromatic heterocycles. The zero-order valence-corrected chi connectivity index (χ0v) is 12.8. The maximum Gasteiger partial charge on any atom is 0.416 e. The normalized spacial score (nSPS) is 20.0. The fraction of sp³-hybridized carbons (Fsp3) is 0.250. The van der Waals surface area contributed by atoms with Gasteiger partial charge in [0.2, 0.25) is 0 Å². The molecule has 0 aliphatic carbocycles. The number of esters is 1. The van der Waals surface area contributed by atoms with E-state index in [0.29, 0.717) is 18.2 Å². The van der Waals surface area contributed by atoms with Crippen LogP contribution in [0.5, 0.6) is 0 Å². The molecule has 1 aromatic carbocycles. The predicted molar refractivity (Wildman–Crippen MR) is 75.9 cm³/mol. The number of allylic oxidation sites excluding steroid dienone is 1. The average Bonchev–Trinajstić information content (AvgIpc) is 2.92. The molecule has 1 aromatic rings. The Morgan fingerprint density at radius 1 is 1.35 bits per heavy atom. The number of cyclic esters (lactones) is 1. The third-order valence-corrected chi connectivity index (χ3v) is 4.09. The average molecular weight is 375 g/mol. The Labute approximate surface area is 142 Å². The molecule has 0 saturated carbocycles. The van der Waals surface area contributed by atoms with Crippen molar-refractivity contribution in [3.05, 3.63) is 57.7 Å². The number of rotatable bonds is 3. The Balaban J connectivity index is 2.33. The first-order valence-corrected chi connectivity index (χ1v) is 7.21. The highest BCUT2D eigenvalue weighted by Crippen LogP contribution is 2.45. The number of hydrogen-bond donors (Lipinski definition) is 2. The minimum atomic E-state index is -4.95. The van der Waals surface area contributed by atoms with Crippen LogP contribution in [0, 0.1) is 5.82 Å². The van der Waals surface area contributed by atoms with Gasteiger partial charge in [0, 0.05) is 0 Å². The maximum atomic E-state index is 13.7. The third kappa shape index (κ3) is 2.80. The number of nitrogens with one attached hydrogen (secondary N) is 1. The summed E-state index contributed by atoms with van der Waals surface area (Å²) in [4.78, 5) is 23.6. The van der Waals surface area contributed by atoms with Crippen LogP contribution >= 0.6 is 0 Å². The monoisotopic (exact) mass is 375 g/mol. The van der Waals surface area contributed by atoms with Gasteiger partial charge in [0.05, 0.1) is 34.0 Å². The SMILES string of the molecule is O=C(O)C1=C(CF)NC2=C(C(=O)OC2)C1c1cc(F)ccc1C(F)(F)F. The largest absolute Gasteiger partial charge is 0.478 e. The Bertz CT molecular complexity index is 872. The van der Waals surface area contributed by atoms with E-state index in [4.69, 9.17) is 4.74 Å². The number of halogens is 5. The zero-order valence-electron chi connectivity index (χ0n) is 12.8. The van der Waals surface area contributed by atoms with Gasteiger partial charge in [0.25, 0.3) is 0 Å². The molecule has 0 saturated heterocycles. The van der Waals surface area contributed by atoms with Crippen LogP contribution in [0.4, 0.5) is 22.0 Å². The molecule has 138 valence electrons. The molecule has 0 amide bonds. The topological polar surface area (TPSA) is 75.6 Å². The number of aliphatic carboxylic acids is 1. The van der Waals surface area contributed by atoms with Crippen molar-refractivity contribution in [3.8, 4) is 0 Å². The minimum absolute atomic E-state index is 0.0463. The number of alkyl halides is 4. The van der Waals surface area contributed by atoms with Crippen LogP contribution in [0.1, 0.15) is 17.0 Å². The van der Waals surface area contributed by atoms with Gasteiger partial charge < -0.3 is 15.2 Å². The summed E-state index contributed by atoms with van der Waals surface area (Å²) in [6.07, 6.45) is -4.95. The molecule has 2 heterocycles. The Kier molecular flexibility index (Phi) is 4.21. The number of dihydropyridines is 1. The maximum absolute atomic E-state index is 13.7. The standard InChI is InChI=1S/C16H10F5NO4/c17-4-9-12(14(23)24)11(13-10(22-9)5-26-15(13)25)7-3-6(18)1-2-8(7)16(19,20)21/h1-3,11,22H,4-5H2,(H,23,24). The van der Waals surface area contributed by atoms with E-state index >= 15 is 0 Å². The van der Waals surface area contributed by atoms with E-state index in [0.717, 1.165) is 0 Å². The van der Waals surface area contributed by atoms with Crippen LogP contribution in [0.25, 0.3) is 0 Å². The zero-order chi connectivity index (χ0) is 19.2. The van der Waals surface area contributed by atoms with Gasteiger partial charge in [0.15, 0.2) is 0 Å². The van der Waals surface area contributed by atoms with E-state index < -0.39 is 64.5 Å². The van der Waals surface area contributed by atoms with E-state index in [2.05, 4.69) is 5.32 Å². The molecule has 2 N–H and O–H groups in total. The van der Waals surface area contributed by atoms with E-state index in [9.17, 15) is 36.6 Å². The Hall–Kier alpha value is -2.91. The highest BCUT2D eigenvalue weighted by Gasteiger charge is 2.46. The van der Waals surface area contributed by atoms with Gasteiger partial charge in [0.1, 0.15) is 19.1 Å². The Morgan fingerprint density at radius 3 is 2.62 bits per heavy atom. The molecule has 0 radical (unpaired) electrons.